The molecule has 6 nitrogen and oxygen atoms in total. The van der Waals surface area contributed by atoms with Crippen LogP contribution in [0, 0.1) is 5.82 Å². The molecule has 0 unspecified atom stereocenters. The Morgan fingerprint density at radius 3 is 2.56 bits per heavy atom. The average Bonchev–Trinajstić information content (AvgIpc) is 2.67. The van der Waals surface area contributed by atoms with E-state index >= 15 is 0 Å². The molecule has 1 aliphatic rings. The summed E-state index contributed by atoms with van der Waals surface area (Å²) in [6.07, 6.45) is 1.05. The monoisotopic (exact) mass is 374 g/mol. The second-order valence-electron chi connectivity index (χ2n) is 6.48. The summed E-state index contributed by atoms with van der Waals surface area (Å²) >= 11 is 0. The van der Waals surface area contributed by atoms with Crippen LogP contribution in [-0.2, 0) is 11.3 Å². The number of phenolic OH excluding ortho intramolecular Hbond substituents is 1. The van der Waals surface area contributed by atoms with Gasteiger partial charge in [-0.25, -0.2) is 4.39 Å². The van der Waals surface area contributed by atoms with Crippen molar-refractivity contribution in [3.8, 4) is 17.2 Å². The molecule has 144 valence electrons. The van der Waals surface area contributed by atoms with Crippen LogP contribution in [0.25, 0.3) is 0 Å². The van der Waals surface area contributed by atoms with E-state index in [2.05, 4.69) is 10.6 Å². The van der Waals surface area contributed by atoms with Gasteiger partial charge in [-0.3, -0.25) is 4.79 Å². The van der Waals surface area contributed by atoms with Crippen molar-refractivity contribution in [3.05, 3.63) is 53.3 Å². The first-order valence-electron chi connectivity index (χ1n) is 8.74. The SMILES string of the molecule is COc1cc(CN[C@@H]2CCC(=O)N[C@H]2c2cccc(F)c2)cc(OC)c1O. The topological polar surface area (TPSA) is 79.8 Å². The number of amides is 1. The lowest BCUT2D eigenvalue weighted by Gasteiger charge is -2.33. The molecule has 2 atom stereocenters. The molecule has 3 rings (SSSR count). The Hall–Kier alpha value is -2.80. The quantitative estimate of drug-likeness (QED) is 0.724. The van der Waals surface area contributed by atoms with Crippen molar-refractivity contribution in [1.82, 2.24) is 10.6 Å². The fourth-order valence-electron chi connectivity index (χ4n) is 3.33. The number of nitrogens with one attached hydrogen (secondary N) is 2. The van der Waals surface area contributed by atoms with Gasteiger partial charge < -0.3 is 25.2 Å². The maximum atomic E-state index is 13.6. The molecule has 27 heavy (non-hydrogen) atoms. The summed E-state index contributed by atoms with van der Waals surface area (Å²) in [5.74, 6) is 0.218. The smallest absolute Gasteiger partial charge is 0.220 e. The van der Waals surface area contributed by atoms with Crippen LogP contribution in [0.4, 0.5) is 4.39 Å². The molecule has 2 aromatic carbocycles. The summed E-state index contributed by atoms with van der Waals surface area (Å²) in [5, 5.41) is 16.4. The van der Waals surface area contributed by atoms with Crippen molar-refractivity contribution in [1.29, 1.82) is 0 Å². The van der Waals surface area contributed by atoms with E-state index in [9.17, 15) is 14.3 Å². The number of hydrogen-bond donors (Lipinski definition) is 3. The van der Waals surface area contributed by atoms with Gasteiger partial charge in [-0.2, -0.15) is 0 Å². The van der Waals surface area contributed by atoms with E-state index in [0.717, 1.165) is 11.1 Å². The lowest BCUT2D eigenvalue weighted by molar-refractivity contribution is -0.123. The first-order chi connectivity index (χ1) is 13.0. The van der Waals surface area contributed by atoms with Gasteiger partial charge in [0, 0.05) is 19.0 Å². The van der Waals surface area contributed by atoms with Gasteiger partial charge in [0.05, 0.1) is 20.3 Å². The number of aromatic hydroxyl groups is 1. The van der Waals surface area contributed by atoms with Crippen molar-refractivity contribution in [2.75, 3.05) is 14.2 Å². The predicted molar refractivity (Wildman–Crippen MR) is 98.4 cm³/mol. The van der Waals surface area contributed by atoms with Crippen LogP contribution >= 0.6 is 0 Å². The molecule has 7 heteroatoms. The zero-order valence-electron chi connectivity index (χ0n) is 15.3. The van der Waals surface area contributed by atoms with Crippen LogP contribution < -0.4 is 20.1 Å². The van der Waals surface area contributed by atoms with Gasteiger partial charge in [0.25, 0.3) is 0 Å². The Labute approximate surface area is 157 Å². The van der Waals surface area contributed by atoms with Crippen molar-refractivity contribution in [2.24, 2.45) is 0 Å². The number of hydrogen-bond acceptors (Lipinski definition) is 5. The molecule has 1 saturated heterocycles. The Balaban J connectivity index is 1.78. The molecule has 1 amide bonds. The molecule has 1 aliphatic heterocycles. The van der Waals surface area contributed by atoms with E-state index in [4.69, 9.17) is 9.47 Å². The molecule has 1 heterocycles. The number of carbonyl (C=O) groups excluding carboxylic acids is 1. The number of benzene rings is 2. The molecule has 3 N–H and O–H groups in total. The van der Waals surface area contributed by atoms with Gasteiger partial charge >= 0.3 is 0 Å². The first-order valence-corrected chi connectivity index (χ1v) is 8.74. The summed E-state index contributed by atoms with van der Waals surface area (Å²) in [6.45, 7) is 0.472. The Bertz CT molecular complexity index is 802. The van der Waals surface area contributed by atoms with Crippen LogP contribution in [0.1, 0.15) is 30.0 Å². The standard InChI is InChI=1S/C20H23FN2O4/c1-26-16-8-12(9-17(27-2)20(16)25)11-22-15-6-7-18(24)23-19(15)13-4-3-5-14(21)10-13/h3-5,8-10,15,19,22,25H,6-7,11H2,1-2H3,(H,23,24)/t15-,19+/m1/s1. The summed E-state index contributed by atoms with van der Waals surface area (Å²) in [4.78, 5) is 11.9. The van der Waals surface area contributed by atoms with Crippen molar-refractivity contribution >= 4 is 5.91 Å². The molecule has 0 saturated carbocycles. The summed E-state index contributed by atoms with van der Waals surface area (Å²) in [7, 11) is 2.95. The summed E-state index contributed by atoms with van der Waals surface area (Å²) < 4.78 is 24.0. The number of rotatable bonds is 6. The Kier molecular flexibility index (Phi) is 5.81. The van der Waals surface area contributed by atoms with E-state index in [1.165, 1.54) is 26.4 Å². The molecule has 1 fully saturated rings. The van der Waals surface area contributed by atoms with Crippen molar-refractivity contribution in [2.45, 2.75) is 31.5 Å². The van der Waals surface area contributed by atoms with Crippen molar-refractivity contribution in [3.63, 3.8) is 0 Å². The number of piperidine rings is 1. The minimum absolute atomic E-state index is 0.0460. The number of halogens is 1. The molecular weight excluding hydrogens is 351 g/mol. The van der Waals surface area contributed by atoms with Gasteiger partial charge in [-0.1, -0.05) is 12.1 Å². The van der Waals surface area contributed by atoms with Crippen LogP contribution in [0.3, 0.4) is 0 Å². The average molecular weight is 374 g/mol. The van der Waals surface area contributed by atoms with Crippen LogP contribution in [0.5, 0.6) is 17.2 Å². The van der Waals surface area contributed by atoms with E-state index in [1.54, 1.807) is 24.3 Å². The predicted octanol–water partition coefficient (Wildman–Crippen LogP) is 2.66. The molecule has 0 spiro atoms. The maximum absolute atomic E-state index is 13.6. The highest BCUT2D eigenvalue weighted by molar-refractivity contribution is 5.77. The second-order valence-corrected chi connectivity index (χ2v) is 6.48. The van der Waals surface area contributed by atoms with Crippen molar-refractivity contribution < 1.29 is 23.8 Å². The molecule has 2 aromatic rings. The third-order valence-corrected chi connectivity index (χ3v) is 4.72. The second kappa shape index (κ2) is 8.26. The number of methoxy groups -OCH3 is 2. The molecule has 0 aromatic heterocycles. The largest absolute Gasteiger partial charge is 0.502 e. The number of ether oxygens (including phenoxy) is 2. The lowest BCUT2D eigenvalue weighted by atomic mass is 9.91. The van der Waals surface area contributed by atoms with Gasteiger partial charge in [0.1, 0.15) is 5.82 Å². The van der Waals surface area contributed by atoms with Crippen LogP contribution in [0.2, 0.25) is 0 Å². The zero-order chi connectivity index (χ0) is 19.4. The van der Waals surface area contributed by atoms with E-state index in [-0.39, 0.29) is 29.6 Å². The highest BCUT2D eigenvalue weighted by Gasteiger charge is 2.29. The normalized spacial score (nSPS) is 19.4. The number of carbonyl (C=O) groups is 1. The third kappa shape index (κ3) is 4.31. The molecular formula is C20H23FN2O4. The first kappa shape index (κ1) is 19.0. The van der Waals surface area contributed by atoms with Gasteiger partial charge in [0.2, 0.25) is 11.7 Å². The third-order valence-electron chi connectivity index (χ3n) is 4.72. The minimum atomic E-state index is -0.334. The summed E-state index contributed by atoms with van der Waals surface area (Å²) in [6, 6.07) is 9.34. The Morgan fingerprint density at radius 2 is 1.93 bits per heavy atom. The van der Waals surface area contributed by atoms with Crippen LogP contribution in [0.15, 0.2) is 36.4 Å². The van der Waals surface area contributed by atoms with E-state index in [1.807, 2.05) is 0 Å². The molecule has 0 aliphatic carbocycles. The zero-order valence-corrected chi connectivity index (χ0v) is 15.3. The van der Waals surface area contributed by atoms with E-state index in [0.29, 0.717) is 30.9 Å². The molecule has 0 radical (unpaired) electrons. The summed E-state index contributed by atoms with van der Waals surface area (Å²) in [5.41, 5.74) is 1.58. The van der Waals surface area contributed by atoms with Gasteiger partial charge in [0.15, 0.2) is 11.5 Å². The Morgan fingerprint density at radius 1 is 1.22 bits per heavy atom. The molecule has 0 bridgehead atoms. The highest BCUT2D eigenvalue weighted by atomic mass is 19.1. The lowest BCUT2D eigenvalue weighted by Crippen LogP contribution is -2.48. The maximum Gasteiger partial charge on any atom is 0.220 e. The highest BCUT2D eigenvalue weighted by Crippen LogP contribution is 2.37. The fourth-order valence-corrected chi connectivity index (χ4v) is 3.33. The number of phenols is 1. The van der Waals surface area contributed by atoms with Gasteiger partial charge in [-0.15, -0.1) is 0 Å². The van der Waals surface area contributed by atoms with Crippen LogP contribution in [-0.4, -0.2) is 31.3 Å². The van der Waals surface area contributed by atoms with Gasteiger partial charge in [-0.05, 0) is 41.8 Å². The minimum Gasteiger partial charge on any atom is -0.502 e. The van der Waals surface area contributed by atoms with E-state index < -0.39 is 0 Å². The fraction of sp³-hybridized carbons (Fsp3) is 0.350.